The van der Waals surface area contributed by atoms with Crippen molar-refractivity contribution in [2.24, 2.45) is 0 Å². The Bertz CT molecular complexity index is 243. The second-order valence-corrected chi connectivity index (χ2v) is 3.38. The fourth-order valence-corrected chi connectivity index (χ4v) is 0.983. The van der Waals surface area contributed by atoms with E-state index in [1.165, 1.54) is 20.2 Å². The van der Waals surface area contributed by atoms with Gasteiger partial charge in [0.25, 0.3) is 0 Å². The standard InChI is InChI=1S/C2H4NO6S.Co.Mo.Zr/c4-2(8-9-2)1-3-10(5,6)7;;;/h3H,1H2,(H,5,6,7);;;/q-1;;+1;. The van der Waals surface area contributed by atoms with Gasteiger partial charge in [0.15, 0.2) is 0 Å². The first-order valence-corrected chi connectivity index (χ1v) is 4.63. The van der Waals surface area contributed by atoms with Crippen LogP contribution in [0, 0.1) is 0 Å². The van der Waals surface area contributed by atoms with E-state index in [0.717, 1.165) is 0 Å². The summed E-state index contributed by atoms with van der Waals surface area (Å²) in [5.41, 5.74) is 0. The quantitative estimate of drug-likeness (QED) is 0.250. The van der Waals surface area contributed by atoms with Gasteiger partial charge in [-0.05, 0) is 0 Å². The number of hydrogen-bond acceptors (Lipinski definition) is 5. The van der Waals surface area contributed by atoms with E-state index >= 15 is 0 Å². The molecule has 0 aromatic heterocycles. The van der Waals surface area contributed by atoms with Crippen molar-refractivity contribution in [2.45, 2.75) is 5.97 Å². The second-order valence-electron chi connectivity index (χ2n) is 1.73. The molecule has 1 aliphatic heterocycles. The average Bonchev–Trinajstić information content (AvgIpc) is 2.63. The monoisotopic (exact) mass is 417 g/mol. The van der Waals surface area contributed by atoms with Gasteiger partial charge in [-0.3, -0.25) is 0 Å². The van der Waals surface area contributed by atoms with Crippen LogP contribution in [-0.4, -0.2) is 25.5 Å². The van der Waals surface area contributed by atoms with Gasteiger partial charge in [-0.1, -0.05) is 0 Å². The number of hydrogen-bond donors (Lipinski definition) is 2. The van der Waals surface area contributed by atoms with Gasteiger partial charge < -0.3 is 0 Å². The zero-order chi connectivity index (χ0) is 8.54. The zero-order valence-corrected chi connectivity index (χ0v) is 12.2. The Balaban J connectivity index is 0. The van der Waals surface area contributed by atoms with Crippen molar-refractivity contribution >= 4 is 10.3 Å². The molecule has 1 radical (unpaired) electrons. The smallest absolute Gasteiger partial charge is 0 e. The fourth-order valence-electron chi connectivity index (χ4n) is 0.342. The van der Waals surface area contributed by atoms with Gasteiger partial charge in [0.05, 0.1) is 0 Å². The predicted molar refractivity (Wildman–Crippen MR) is 25.5 cm³/mol. The van der Waals surface area contributed by atoms with Crippen molar-refractivity contribution in [3.63, 3.8) is 0 Å². The first kappa shape index (κ1) is 17.2. The molecule has 0 saturated carbocycles. The third-order valence-electron chi connectivity index (χ3n) is 0.867. The van der Waals surface area contributed by atoms with Gasteiger partial charge in [0.2, 0.25) is 0 Å². The first-order chi connectivity index (χ1) is 4.97. The normalized spacial score (nSPS) is 18.2. The van der Waals surface area contributed by atoms with Gasteiger partial charge in [0, 0.05) is 43.0 Å². The van der Waals surface area contributed by atoms with E-state index < -0.39 is 16.3 Å². The molecule has 1 rings (SSSR count). The molecule has 2 N–H and O–H groups in total. The summed E-state index contributed by atoms with van der Waals surface area (Å²) in [5, 5.41) is 0. The minimum atomic E-state index is -4.22. The molecule has 0 amide bonds. The van der Waals surface area contributed by atoms with Crippen LogP contribution in [0.5, 0.6) is 0 Å². The maximum Gasteiger partial charge on any atom is 0 e. The Labute approximate surface area is 116 Å². The number of rotatable bonds is 4. The van der Waals surface area contributed by atoms with Crippen molar-refractivity contribution < 1.29 is 89.3 Å². The molecule has 1 heterocycles. The molecule has 1 aliphatic rings. The predicted octanol–water partition coefficient (Wildman–Crippen LogP) is -1.53. The SMILES string of the molecule is O=S(=O)(O)NCC1([O][Mo])OO1.[Co].[Zr]. The summed E-state index contributed by atoms with van der Waals surface area (Å²) in [7, 11) is -4.22. The summed E-state index contributed by atoms with van der Waals surface area (Å²) in [5.74, 6) is -1.35. The summed E-state index contributed by atoms with van der Waals surface area (Å²) in [6.07, 6.45) is 0. The van der Waals surface area contributed by atoms with E-state index in [9.17, 15) is 8.42 Å². The van der Waals surface area contributed by atoms with Crippen LogP contribution in [-0.2, 0) is 86.6 Å². The minimum absolute atomic E-state index is 0. The molecule has 11 heteroatoms. The summed E-state index contributed by atoms with van der Waals surface area (Å²) in [6, 6.07) is 0. The Hall–Kier alpha value is 1.83. The van der Waals surface area contributed by atoms with Gasteiger partial charge >= 0.3 is 73.9 Å². The molecule has 0 atom stereocenters. The third-order valence-corrected chi connectivity index (χ3v) is 2.00. The van der Waals surface area contributed by atoms with Gasteiger partial charge in [-0.2, -0.15) is 0 Å². The summed E-state index contributed by atoms with van der Waals surface area (Å²) in [6.45, 7) is -0.287. The van der Waals surface area contributed by atoms with Crippen LogP contribution >= 0.6 is 0 Å². The summed E-state index contributed by atoms with van der Waals surface area (Å²) < 4.78 is 34.7. The first-order valence-electron chi connectivity index (χ1n) is 2.37. The van der Waals surface area contributed by atoms with Crippen LogP contribution in [0.25, 0.3) is 0 Å². The van der Waals surface area contributed by atoms with Crippen molar-refractivity contribution in [1.29, 1.82) is 0 Å². The largest absolute Gasteiger partial charge is 0 e. The van der Waals surface area contributed by atoms with E-state index in [1.54, 1.807) is 4.72 Å². The van der Waals surface area contributed by atoms with Crippen LogP contribution in [0.15, 0.2) is 0 Å². The molecular weight excluding hydrogens is 412 g/mol. The van der Waals surface area contributed by atoms with Crippen LogP contribution in [0.2, 0.25) is 0 Å². The Morgan fingerprint density at radius 1 is 1.54 bits per heavy atom. The van der Waals surface area contributed by atoms with Crippen molar-refractivity contribution in [2.75, 3.05) is 6.54 Å². The van der Waals surface area contributed by atoms with E-state index in [0.29, 0.717) is 0 Å². The molecule has 0 aromatic rings. The molecule has 0 aliphatic carbocycles. The van der Waals surface area contributed by atoms with Crippen LogP contribution < -0.4 is 4.72 Å². The Morgan fingerprint density at radius 2 is 2.00 bits per heavy atom. The van der Waals surface area contributed by atoms with Crippen molar-refractivity contribution in [3.8, 4) is 0 Å². The molecule has 78 valence electrons. The summed E-state index contributed by atoms with van der Waals surface area (Å²) in [4.78, 5) is 8.57. The van der Waals surface area contributed by atoms with Gasteiger partial charge in [0.1, 0.15) is 0 Å². The second kappa shape index (κ2) is 6.42. The fraction of sp³-hybridized carbons (Fsp3) is 1.00. The molecule has 0 bridgehead atoms. The zero-order valence-electron chi connectivity index (χ0n) is 5.85. The third kappa shape index (κ3) is 6.83. The minimum Gasteiger partial charge on any atom is 0 e. The Kier molecular flexibility index (Phi) is 8.51. The van der Waals surface area contributed by atoms with Crippen LogP contribution in [0.3, 0.4) is 0 Å². The van der Waals surface area contributed by atoms with Crippen molar-refractivity contribution in [1.82, 2.24) is 4.72 Å². The molecule has 0 aromatic carbocycles. The molecule has 1 saturated heterocycles. The van der Waals surface area contributed by atoms with E-state index in [-0.39, 0.29) is 49.5 Å². The van der Waals surface area contributed by atoms with Gasteiger partial charge in [-0.25, -0.2) is 0 Å². The van der Waals surface area contributed by atoms with Crippen molar-refractivity contribution in [3.05, 3.63) is 0 Å². The topological polar surface area (TPSA) is 101 Å². The maximum atomic E-state index is 10.1. The van der Waals surface area contributed by atoms with E-state index in [1.807, 2.05) is 0 Å². The van der Waals surface area contributed by atoms with Crippen LogP contribution in [0.1, 0.15) is 0 Å². The van der Waals surface area contributed by atoms with E-state index in [4.69, 9.17) is 4.55 Å². The molecule has 0 spiro atoms. The molecule has 7 nitrogen and oxygen atoms in total. The number of nitrogens with one attached hydrogen (secondary N) is 1. The van der Waals surface area contributed by atoms with Gasteiger partial charge in [-0.15, -0.1) is 0 Å². The summed E-state index contributed by atoms with van der Waals surface area (Å²) >= 11 is 1.21. The van der Waals surface area contributed by atoms with Crippen LogP contribution in [0.4, 0.5) is 0 Å². The van der Waals surface area contributed by atoms with E-state index in [2.05, 4.69) is 13.2 Å². The maximum absolute atomic E-state index is 10.1. The molecule has 0 unspecified atom stereocenters. The molecule has 1 fully saturated rings. The Morgan fingerprint density at radius 3 is 2.23 bits per heavy atom. The molecular formula is C2H4CoMoNO6SZr. The molecule has 13 heavy (non-hydrogen) atoms. The average molecular weight is 416 g/mol.